The molecule has 0 saturated carbocycles. The van der Waals surface area contributed by atoms with Gasteiger partial charge in [-0.1, -0.05) is 0 Å². The van der Waals surface area contributed by atoms with Crippen LogP contribution in [-0.2, 0) is 4.79 Å². The number of aromatic carboxylic acids is 1. The maximum Gasteiger partial charge on any atom is 0.347 e. The van der Waals surface area contributed by atoms with Crippen molar-refractivity contribution in [3.63, 3.8) is 0 Å². The highest BCUT2D eigenvalue weighted by atomic mass is 32.1. The van der Waals surface area contributed by atoms with Crippen LogP contribution in [0.3, 0.4) is 0 Å². The summed E-state index contributed by atoms with van der Waals surface area (Å²) >= 11 is 0.758. The number of nitrogens with two attached hydrogens (primary N) is 1. The molecule has 94 valence electrons. The van der Waals surface area contributed by atoms with Gasteiger partial charge >= 0.3 is 5.97 Å². The lowest BCUT2D eigenvalue weighted by atomic mass is 10.1. The fourth-order valence-electron chi connectivity index (χ4n) is 1.22. The lowest BCUT2D eigenvalue weighted by Crippen LogP contribution is -2.25. The van der Waals surface area contributed by atoms with Crippen molar-refractivity contribution in [2.24, 2.45) is 5.73 Å². The molecule has 7 nitrogen and oxygen atoms in total. The molecule has 5 N–H and O–H groups in total. The van der Waals surface area contributed by atoms with Crippen molar-refractivity contribution >= 4 is 23.2 Å². The summed E-state index contributed by atoms with van der Waals surface area (Å²) in [4.78, 5) is 25.2. The Morgan fingerprint density at radius 2 is 2.06 bits per heavy atom. The van der Waals surface area contributed by atoms with Gasteiger partial charge in [0.15, 0.2) is 0 Å². The number of carbonyl (C=O) groups excluding carboxylic acids is 1. The molecular weight excluding hydrogens is 248 g/mol. The molecule has 0 aliphatic rings. The molecule has 0 aliphatic carbocycles. The molecule has 1 aromatic heterocycles. The lowest BCUT2D eigenvalue weighted by Gasteiger charge is -2.13. The molecule has 1 rings (SSSR count). The van der Waals surface area contributed by atoms with Gasteiger partial charge in [0.05, 0.1) is 18.2 Å². The number of carboxylic acid groups (broad SMARTS) is 1. The number of aliphatic hydroxyl groups is 2. The third-order valence-electron chi connectivity index (χ3n) is 2.04. The Balaban J connectivity index is 2.89. The number of carbonyl (C=O) groups is 2. The monoisotopic (exact) mass is 260 g/mol. The Kier molecular flexibility index (Phi) is 4.16. The number of primary amides is 1. The highest BCUT2D eigenvalue weighted by Gasteiger charge is 2.25. The van der Waals surface area contributed by atoms with Gasteiger partial charge in [-0.25, -0.2) is 9.78 Å². The predicted molar refractivity (Wildman–Crippen MR) is 58.6 cm³/mol. The zero-order valence-corrected chi connectivity index (χ0v) is 9.77. The van der Waals surface area contributed by atoms with Gasteiger partial charge < -0.3 is 21.1 Å². The van der Waals surface area contributed by atoms with E-state index in [4.69, 9.17) is 10.8 Å². The van der Waals surface area contributed by atoms with Crippen molar-refractivity contribution in [2.45, 2.75) is 25.6 Å². The fraction of sp³-hybridized carbons (Fsp3) is 0.444. The molecule has 0 aliphatic heterocycles. The minimum atomic E-state index is -1.42. The SMILES string of the molecule is Cc1nc(C(O)C(O)CC(N)=O)sc1C(=O)O. The molecule has 1 heterocycles. The van der Waals surface area contributed by atoms with Crippen LogP contribution in [0.5, 0.6) is 0 Å². The average Bonchev–Trinajstić information content (AvgIpc) is 2.58. The molecule has 0 fully saturated rings. The first kappa shape index (κ1) is 13.6. The molecule has 2 atom stereocenters. The number of aliphatic hydroxyl groups excluding tert-OH is 2. The maximum absolute atomic E-state index is 10.8. The van der Waals surface area contributed by atoms with Gasteiger partial charge in [-0.3, -0.25) is 4.79 Å². The number of hydrogen-bond acceptors (Lipinski definition) is 6. The van der Waals surface area contributed by atoms with Gasteiger partial charge in [0, 0.05) is 0 Å². The molecule has 0 aromatic carbocycles. The molecule has 0 radical (unpaired) electrons. The second-order valence-electron chi connectivity index (χ2n) is 3.45. The van der Waals surface area contributed by atoms with Crippen molar-refractivity contribution in [3.8, 4) is 0 Å². The summed E-state index contributed by atoms with van der Waals surface area (Å²) in [6.07, 6.45) is -3.22. The smallest absolute Gasteiger partial charge is 0.347 e. The molecule has 1 amide bonds. The zero-order chi connectivity index (χ0) is 13.2. The van der Waals surface area contributed by atoms with E-state index in [1.165, 1.54) is 6.92 Å². The number of amides is 1. The quantitative estimate of drug-likeness (QED) is 0.559. The highest BCUT2D eigenvalue weighted by Crippen LogP contribution is 2.26. The van der Waals surface area contributed by atoms with Gasteiger partial charge in [-0.05, 0) is 6.92 Å². The van der Waals surface area contributed by atoms with Crippen LogP contribution in [0.4, 0.5) is 0 Å². The summed E-state index contributed by atoms with van der Waals surface area (Å²) < 4.78 is 0. The number of aryl methyl sites for hydroxylation is 1. The van der Waals surface area contributed by atoms with Crippen LogP contribution >= 0.6 is 11.3 Å². The Morgan fingerprint density at radius 1 is 1.47 bits per heavy atom. The van der Waals surface area contributed by atoms with E-state index < -0.39 is 30.5 Å². The van der Waals surface area contributed by atoms with Crippen molar-refractivity contribution in [2.75, 3.05) is 0 Å². The molecule has 2 unspecified atom stereocenters. The second kappa shape index (κ2) is 5.21. The van der Waals surface area contributed by atoms with Crippen LogP contribution in [0.2, 0.25) is 0 Å². The van der Waals surface area contributed by atoms with Crippen molar-refractivity contribution in [1.82, 2.24) is 4.98 Å². The third kappa shape index (κ3) is 3.22. The Morgan fingerprint density at radius 3 is 2.47 bits per heavy atom. The molecule has 0 spiro atoms. The van der Waals surface area contributed by atoms with Crippen LogP contribution in [0.1, 0.15) is 32.9 Å². The number of thiazole rings is 1. The van der Waals surface area contributed by atoms with E-state index in [1.54, 1.807) is 0 Å². The lowest BCUT2D eigenvalue weighted by molar-refractivity contribution is -0.121. The molecule has 0 saturated heterocycles. The van der Waals surface area contributed by atoms with Gasteiger partial charge in [-0.2, -0.15) is 0 Å². The van der Waals surface area contributed by atoms with Gasteiger partial charge in [0.1, 0.15) is 16.0 Å². The van der Waals surface area contributed by atoms with Crippen LogP contribution in [-0.4, -0.2) is 38.3 Å². The summed E-state index contributed by atoms with van der Waals surface area (Å²) in [6, 6.07) is 0. The van der Waals surface area contributed by atoms with Gasteiger partial charge in [0.25, 0.3) is 0 Å². The Labute approximate surface area is 101 Å². The van der Waals surface area contributed by atoms with Crippen LogP contribution in [0, 0.1) is 6.92 Å². The number of nitrogens with zero attached hydrogens (tertiary/aromatic N) is 1. The zero-order valence-electron chi connectivity index (χ0n) is 8.95. The highest BCUT2D eigenvalue weighted by molar-refractivity contribution is 7.13. The van der Waals surface area contributed by atoms with E-state index >= 15 is 0 Å². The van der Waals surface area contributed by atoms with Crippen molar-refractivity contribution < 1.29 is 24.9 Å². The number of carboxylic acids is 1. The number of rotatable bonds is 5. The summed E-state index contributed by atoms with van der Waals surface area (Å²) in [7, 11) is 0. The molecule has 1 aromatic rings. The molecular formula is C9H12N2O5S. The Hall–Kier alpha value is -1.51. The topological polar surface area (TPSA) is 134 Å². The summed E-state index contributed by atoms with van der Waals surface area (Å²) in [5.41, 5.74) is 5.12. The standard InChI is InChI=1S/C9H12N2O5S/c1-3-7(9(15)16)17-8(11-3)6(14)4(12)2-5(10)13/h4,6,12,14H,2H2,1H3,(H2,10,13)(H,15,16). The normalized spacial score (nSPS) is 14.3. The van der Waals surface area contributed by atoms with Gasteiger partial charge in [-0.15, -0.1) is 11.3 Å². The maximum atomic E-state index is 10.8. The first-order valence-corrected chi connectivity index (χ1v) is 5.49. The summed E-state index contributed by atoms with van der Waals surface area (Å²) in [6.45, 7) is 1.48. The predicted octanol–water partition coefficient (Wildman–Crippen LogP) is -0.581. The van der Waals surface area contributed by atoms with E-state index in [0.717, 1.165) is 11.3 Å². The minimum absolute atomic E-state index is 0.00896. The van der Waals surface area contributed by atoms with E-state index in [0.29, 0.717) is 0 Å². The largest absolute Gasteiger partial charge is 0.477 e. The fourth-order valence-corrected chi connectivity index (χ4v) is 2.17. The molecule has 8 heteroatoms. The summed E-state index contributed by atoms with van der Waals surface area (Å²) in [5.74, 6) is -1.91. The molecule has 0 bridgehead atoms. The molecule has 17 heavy (non-hydrogen) atoms. The summed E-state index contributed by atoms with van der Waals surface area (Å²) in [5, 5.41) is 28.0. The third-order valence-corrected chi connectivity index (χ3v) is 3.25. The van der Waals surface area contributed by atoms with E-state index in [-0.39, 0.29) is 15.6 Å². The van der Waals surface area contributed by atoms with Crippen LogP contribution in [0.15, 0.2) is 0 Å². The first-order valence-electron chi connectivity index (χ1n) is 4.68. The second-order valence-corrected chi connectivity index (χ2v) is 4.49. The van der Waals surface area contributed by atoms with E-state index in [1.807, 2.05) is 0 Å². The van der Waals surface area contributed by atoms with Gasteiger partial charge in [0.2, 0.25) is 5.91 Å². The minimum Gasteiger partial charge on any atom is -0.477 e. The number of hydrogen-bond donors (Lipinski definition) is 4. The van der Waals surface area contributed by atoms with Crippen LogP contribution in [0.25, 0.3) is 0 Å². The Bertz CT molecular complexity index is 445. The van der Waals surface area contributed by atoms with Crippen LogP contribution < -0.4 is 5.73 Å². The average molecular weight is 260 g/mol. The van der Waals surface area contributed by atoms with E-state index in [2.05, 4.69) is 4.98 Å². The van der Waals surface area contributed by atoms with Crippen molar-refractivity contribution in [3.05, 3.63) is 15.6 Å². The number of aromatic nitrogens is 1. The van der Waals surface area contributed by atoms with Crippen molar-refractivity contribution in [1.29, 1.82) is 0 Å². The van der Waals surface area contributed by atoms with E-state index in [9.17, 15) is 19.8 Å². The first-order chi connectivity index (χ1) is 7.82.